The Morgan fingerprint density at radius 1 is 1.56 bits per heavy atom. The normalized spacial score (nSPS) is 23.2. The van der Waals surface area contributed by atoms with Gasteiger partial charge in [-0.25, -0.2) is 4.98 Å². The van der Waals surface area contributed by atoms with Crippen molar-refractivity contribution in [2.75, 3.05) is 24.6 Å². The molecule has 0 bridgehead atoms. The average Bonchev–Trinajstić information content (AvgIpc) is 2.29. The lowest BCUT2D eigenvalue weighted by Gasteiger charge is -2.32. The number of pyridine rings is 1. The van der Waals surface area contributed by atoms with E-state index in [0.29, 0.717) is 0 Å². The Balaban J connectivity index is 2.09. The van der Waals surface area contributed by atoms with Gasteiger partial charge in [-0.05, 0) is 25.5 Å². The highest BCUT2D eigenvalue weighted by Crippen LogP contribution is 2.17. The predicted molar refractivity (Wildman–Crippen MR) is 64.5 cm³/mol. The lowest BCUT2D eigenvalue weighted by Crippen LogP contribution is -2.41. The van der Waals surface area contributed by atoms with Crippen LogP contribution in [0, 0.1) is 0 Å². The third kappa shape index (κ3) is 2.51. The minimum absolute atomic E-state index is 0.0464. The zero-order valence-corrected chi connectivity index (χ0v) is 9.89. The molecule has 0 radical (unpaired) electrons. The number of morpholine rings is 1. The Hall–Kier alpha value is -1.13. The van der Waals surface area contributed by atoms with Crippen LogP contribution in [0.2, 0.25) is 0 Å². The second-order valence-corrected chi connectivity index (χ2v) is 4.37. The number of nitrogens with two attached hydrogens (primary N) is 1. The minimum atomic E-state index is 0.0464. The number of ether oxygens (including phenoxy) is 1. The van der Waals surface area contributed by atoms with Crippen LogP contribution in [0.25, 0.3) is 0 Å². The van der Waals surface area contributed by atoms with Crippen molar-refractivity contribution in [1.29, 1.82) is 0 Å². The first-order chi connectivity index (χ1) is 7.66. The zero-order chi connectivity index (χ0) is 11.5. The van der Waals surface area contributed by atoms with Crippen LogP contribution in [0.15, 0.2) is 18.3 Å². The van der Waals surface area contributed by atoms with Gasteiger partial charge in [0, 0.05) is 25.3 Å². The lowest BCUT2D eigenvalue weighted by molar-refractivity contribution is 0.0529. The van der Waals surface area contributed by atoms with Crippen molar-refractivity contribution in [3.05, 3.63) is 23.9 Å². The molecule has 0 aliphatic carbocycles. The monoisotopic (exact) mass is 221 g/mol. The quantitative estimate of drug-likeness (QED) is 0.818. The first kappa shape index (κ1) is 11.4. The molecule has 4 heteroatoms. The maximum absolute atomic E-state index is 5.79. The highest BCUT2D eigenvalue weighted by molar-refractivity contribution is 5.40. The van der Waals surface area contributed by atoms with Gasteiger partial charge in [0.2, 0.25) is 0 Å². The molecule has 1 aliphatic rings. The first-order valence-corrected chi connectivity index (χ1v) is 5.75. The van der Waals surface area contributed by atoms with Gasteiger partial charge in [-0.2, -0.15) is 0 Å². The SMILES string of the molecule is CC1CN(c2ccc(C(C)N)cn2)CCO1. The molecule has 2 atom stereocenters. The number of rotatable bonds is 2. The van der Waals surface area contributed by atoms with E-state index in [0.717, 1.165) is 31.1 Å². The summed E-state index contributed by atoms with van der Waals surface area (Å²) < 4.78 is 5.50. The van der Waals surface area contributed by atoms with Gasteiger partial charge in [0.1, 0.15) is 5.82 Å². The molecule has 88 valence electrons. The third-order valence-electron chi connectivity index (χ3n) is 2.86. The van der Waals surface area contributed by atoms with Crippen LogP contribution < -0.4 is 10.6 Å². The van der Waals surface area contributed by atoms with Crippen LogP contribution in [0.1, 0.15) is 25.5 Å². The Kier molecular flexibility index (Phi) is 3.41. The van der Waals surface area contributed by atoms with Crippen molar-refractivity contribution >= 4 is 5.82 Å². The topological polar surface area (TPSA) is 51.4 Å². The number of anilines is 1. The molecule has 1 fully saturated rings. The molecule has 0 amide bonds. The van der Waals surface area contributed by atoms with Crippen LogP contribution in [0.4, 0.5) is 5.82 Å². The van der Waals surface area contributed by atoms with Crippen LogP contribution >= 0.6 is 0 Å². The lowest BCUT2D eigenvalue weighted by atomic mass is 10.1. The van der Waals surface area contributed by atoms with E-state index in [1.807, 2.05) is 25.3 Å². The van der Waals surface area contributed by atoms with Gasteiger partial charge in [0.15, 0.2) is 0 Å². The number of aromatic nitrogens is 1. The first-order valence-electron chi connectivity index (χ1n) is 5.75. The smallest absolute Gasteiger partial charge is 0.128 e. The van der Waals surface area contributed by atoms with Crippen molar-refractivity contribution in [2.24, 2.45) is 5.73 Å². The van der Waals surface area contributed by atoms with Crippen LogP contribution in [-0.2, 0) is 4.74 Å². The molecule has 1 aromatic heterocycles. The molecular formula is C12H19N3O. The van der Waals surface area contributed by atoms with E-state index in [-0.39, 0.29) is 12.1 Å². The van der Waals surface area contributed by atoms with Crippen molar-refractivity contribution < 1.29 is 4.74 Å². The fraction of sp³-hybridized carbons (Fsp3) is 0.583. The molecule has 16 heavy (non-hydrogen) atoms. The summed E-state index contributed by atoms with van der Waals surface area (Å²) in [4.78, 5) is 6.70. The largest absolute Gasteiger partial charge is 0.375 e. The summed E-state index contributed by atoms with van der Waals surface area (Å²) in [6.45, 7) is 6.65. The fourth-order valence-electron chi connectivity index (χ4n) is 1.88. The summed E-state index contributed by atoms with van der Waals surface area (Å²) >= 11 is 0. The number of hydrogen-bond acceptors (Lipinski definition) is 4. The molecule has 1 aromatic rings. The van der Waals surface area contributed by atoms with Crippen molar-refractivity contribution in [3.63, 3.8) is 0 Å². The molecule has 2 rings (SSSR count). The van der Waals surface area contributed by atoms with E-state index in [1.54, 1.807) is 0 Å². The van der Waals surface area contributed by atoms with E-state index in [1.165, 1.54) is 0 Å². The zero-order valence-electron chi connectivity index (χ0n) is 9.89. The van der Waals surface area contributed by atoms with E-state index >= 15 is 0 Å². The molecule has 1 aliphatic heterocycles. The average molecular weight is 221 g/mol. The van der Waals surface area contributed by atoms with Gasteiger partial charge in [0.05, 0.1) is 12.7 Å². The minimum Gasteiger partial charge on any atom is -0.375 e. The predicted octanol–water partition coefficient (Wildman–Crippen LogP) is 1.33. The van der Waals surface area contributed by atoms with Crippen LogP contribution in [0.5, 0.6) is 0 Å². The molecule has 4 nitrogen and oxygen atoms in total. The molecule has 2 N–H and O–H groups in total. The highest BCUT2D eigenvalue weighted by Gasteiger charge is 2.17. The summed E-state index contributed by atoms with van der Waals surface area (Å²) in [5, 5.41) is 0. The van der Waals surface area contributed by atoms with E-state index in [9.17, 15) is 0 Å². The summed E-state index contributed by atoms with van der Waals surface area (Å²) in [7, 11) is 0. The molecule has 2 unspecified atom stereocenters. The van der Waals surface area contributed by atoms with Gasteiger partial charge in [-0.3, -0.25) is 0 Å². The van der Waals surface area contributed by atoms with Crippen molar-refractivity contribution in [1.82, 2.24) is 4.98 Å². The van der Waals surface area contributed by atoms with Crippen LogP contribution in [0.3, 0.4) is 0 Å². The highest BCUT2D eigenvalue weighted by atomic mass is 16.5. The Morgan fingerprint density at radius 3 is 2.94 bits per heavy atom. The Bertz CT molecular complexity index is 337. The molecule has 0 aromatic carbocycles. The Morgan fingerprint density at radius 2 is 2.38 bits per heavy atom. The van der Waals surface area contributed by atoms with Gasteiger partial charge >= 0.3 is 0 Å². The summed E-state index contributed by atoms with van der Waals surface area (Å²) in [5.74, 6) is 1.01. The number of hydrogen-bond donors (Lipinski definition) is 1. The Labute approximate surface area is 96.4 Å². The molecule has 1 saturated heterocycles. The molecular weight excluding hydrogens is 202 g/mol. The second kappa shape index (κ2) is 4.80. The second-order valence-electron chi connectivity index (χ2n) is 4.37. The van der Waals surface area contributed by atoms with Gasteiger partial charge < -0.3 is 15.4 Å². The standard InChI is InChI=1S/C12H19N3O/c1-9-8-15(5-6-16-9)12-4-3-11(7-14-12)10(2)13/h3-4,7,9-10H,5-6,8,13H2,1-2H3. The van der Waals surface area contributed by atoms with Gasteiger partial charge in [-0.15, -0.1) is 0 Å². The number of nitrogens with zero attached hydrogens (tertiary/aromatic N) is 2. The van der Waals surface area contributed by atoms with E-state index in [4.69, 9.17) is 10.5 Å². The van der Waals surface area contributed by atoms with Crippen molar-refractivity contribution in [3.8, 4) is 0 Å². The van der Waals surface area contributed by atoms with Crippen LogP contribution in [-0.4, -0.2) is 30.8 Å². The fourth-order valence-corrected chi connectivity index (χ4v) is 1.88. The maximum atomic E-state index is 5.79. The van der Waals surface area contributed by atoms with Gasteiger partial charge in [-0.1, -0.05) is 6.07 Å². The summed E-state index contributed by atoms with van der Waals surface area (Å²) in [6, 6.07) is 4.13. The van der Waals surface area contributed by atoms with E-state index in [2.05, 4.69) is 16.8 Å². The van der Waals surface area contributed by atoms with Gasteiger partial charge in [0.25, 0.3) is 0 Å². The summed E-state index contributed by atoms with van der Waals surface area (Å²) in [5.41, 5.74) is 6.86. The van der Waals surface area contributed by atoms with E-state index < -0.39 is 0 Å². The maximum Gasteiger partial charge on any atom is 0.128 e. The molecule has 0 saturated carbocycles. The van der Waals surface area contributed by atoms with Crippen molar-refractivity contribution in [2.45, 2.75) is 26.0 Å². The molecule has 0 spiro atoms. The molecule has 2 heterocycles. The third-order valence-corrected chi connectivity index (χ3v) is 2.86. The summed E-state index contributed by atoms with van der Waals surface area (Å²) in [6.07, 6.45) is 2.14.